The van der Waals surface area contributed by atoms with Gasteiger partial charge in [-0.3, -0.25) is 14.6 Å². The fourth-order valence-corrected chi connectivity index (χ4v) is 12.8. The molecule has 3 aliphatic rings. The first-order chi connectivity index (χ1) is 60.7. The summed E-state index contributed by atoms with van der Waals surface area (Å²) in [5.41, 5.74) is 8.34. The number of carbonyl (C=O) groups excluding carboxylic acids is 4. The van der Waals surface area contributed by atoms with Gasteiger partial charge in [-0.1, -0.05) is 266 Å². The maximum absolute atomic E-state index is 12.7. The van der Waals surface area contributed by atoms with E-state index in [-0.39, 0.29) is 56.0 Å². The number of unbranched alkanes of at least 4 members (excludes halogenated alkanes) is 1. The van der Waals surface area contributed by atoms with Crippen molar-refractivity contribution in [3.63, 3.8) is 0 Å². The number of ketones is 1. The molecule has 15 rings (SSSR count). The van der Waals surface area contributed by atoms with Crippen molar-refractivity contribution in [1.29, 1.82) is 10.5 Å². The fourth-order valence-electron chi connectivity index (χ4n) is 11.9. The molecular formula is C95H100B2Cl6LiN14O11. The Morgan fingerprint density at radius 2 is 0.891 bits per heavy atom. The number of aliphatic hydroxyl groups is 2. The number of halogens is 6. The number of Topliss-reactive ketones (excluding diaryl/α,β-unsaturated/α-hetero) is 1. The van der Waals surface area contributed by atoms with Crippen molar-refractivity contribution in [3.8, 4) is 23.5 Å². The standard InChI is InChI=1S/C21H18ClN3O2.2C15H14ClN3O2.C10H15NO.C10H11NO.C8H8O.C6H6BClO2.C4H2Cl2N2.C4H9.C2H3N.B.Li/c1-21(16-7-3-2-4-8-16)11-13-25(20(26)27-21)18-10-12-23-19(24-18)15-6-5-9-17(22)14-15;1-15(11-5-3-2-4-6-11)8-10-19(14(20)21-15)12-7-9-17-13(16)18-12;1-15(11-5-3-2-4-6-11)8-10-19(14(20)21-15)13-17-9-7-12(16)18-13;2*1-10(12,7-8-11)9-5-3-2-4-6-9;1-7(9)8-5-3-2-4-6-8;8-6-3-1-2-5(4-6)7(9)10;5-3-1-2-7-4(6)8-3;1-3-4-2;1-2-3;;/h2-10,12,14H,11,13H2,1H3;2*2-7,9H,8,10H2,1H3;2-6,12H,7-8,11H2,1H3;2-6,12H,7H2,1H3;2-6H,1H3;1-4,9-10H;1-2H;1,3-4H2,2H3;1H3;;/q;;;;;;;;-1;;;+1. The number of nitrogens with two attached hydrogens (primary N) is 1. The van der Waals surface area contributed by atoms with E-state index < -0.39 is 53.4 Å². The van der Waals surface area contributed by atoms with E-state index in [9.17, 15) is 29.4 Å². The van der Waals surface area contributed by atoms with E-state index in [1.54, 1.807) is 92.5 Å². The molecular weight excluding hydrogens is 1750 g/mol. The smallest absolute Gasteiger partial charge is 0.438 e. The Hall–Kier alpha value is -11.2. The molecule has 8 aromatic carbocycles. The molecule has 0 aliphatic carbocycles. The van der Waals surface area contributed by atoms with Gasteiger partial charge in [0.1, 0.15) is 38.7 Å². The maximum Gasteiger partial charge on any atom is 1.00 e. The minimum atomic E-state index is -1.43. The van der Waals surface area contributed by atoms with E-state index in [4.69, 9.17) is 110 Å². The van der Waals surface area contributed by atoms with Crippen molar-refractivity contribution in [2.45, 2.75) is 128 Å². The molecule has 5 atom stereocenters. The van der Waals surface area contributed by atoms with Gasteiger partial charge in [0, 0.05) is 100 Å². The minimum absolute atomic E-state index is 0. The van der Waals surface area contributed by atoms with Crippen LogP contribution in [0.5, 0.6) is 0 Å². The summed E-state index contributed by atoms with van der Waals surface area (Å²) in [6.07, 6.45) is 9.84. The molecule has 3 amide bonds. The summed E-state index contributed by atoms with van der Waals surface area (Å²) >= 11 is 34.0. The molecule has 25 nitrogen and oxygen atoms in total. The van der Waals surface area contributed by atoms with Crippen molar-refractivity contribution in [3.05, 3.63) is 351 Å². The summed E-state index contributed by atoms with van der Waals surface area (Å²) in [6, 6.07) is 81.2. The van der Waals surface area contributed by atoms with Crippen LogP contribution >= 0.6 is 69.6 Å². The van der Waals surface area contributed by atoms with Crippen LogP contribution in [0.15, 0.2) is 280 Å². The van der Waals surface area contributed by atoms with Crippen LogP contribution in [0.4, 0.5) is 32.0 Å². The number of rotatable bonds is 15. The van der Waals surface area contributed by atoms with E-state index in [1.165, 1.54) is 47.8 Å². The van der Waals surface area contributed by atoms with Crippen molar-refractivity contribution >= 4 is 132 Å². The van der Waals surface area contributed by atoms with Gasteiger partial charge in [0.05, 0.1) is 29.8 Å². The number of ether oxygens (including phenoxy) is 3. The zero-order valence-corrected chi connectivity index (χ0v) is 77.5. The van der Waals surface area contributed by atoms with Gasteiger partial charge >= 0.3 is 44.3 Å². The number of hydrogen-bond acceptors (Lipinski definition) is 22. The first-order valence-corrected chi connectivity index (χ1v) is 42.2. The quantitative estimate of drug-likeness (QED) is 0.0159. The van der Waals surface area contributed by atoms with Crippen LogP contribution in [0.25, 0.3) is 11.4 Å². The Morgan fingerprint density at radius 3 is 1.24 bits per heavy atom. The van der Waals surface area contributed by atoms with Crippen LogP contribution in [-0.2, 0) is 42.2 Å². The normalized spacial score (nSPS) is 16.3. The average Bonchev–Trinajstić information content (AvgIpc) is 0.791. The van der Waals surface area contributed by atoms with Crippen molar-refractivity contribution in [2.75, 3.05) is 40.9 Å². The molecule has 665 valence electrons. The Balaban J connectivity index is 0.000000314. The van der Waals surface area contributed by atoms with E-state index in [0.29, 0.717) is 95.1 Å². The number of hydrogen-bond donors (Lipinski definition) is 5. The van der Waals surface area contributed by atoms with Gasteiger partial charge in [-0.15, -0.1) is 0 Å². The van der Waals surface area contributed by atoms with Crippen molar-refractivity contribution in [2.24, 2.45) is 5.73 Å². The zero-order valence-electron chi connectivity index (χ0n) is 73.0. The Bertz CT molecular complexity index is 5340. The van der Waals surface area contributed by atoms with E-state index >= 15 is 0 Å². The third-order valence-electron chi connectivity index (χ3n) is 19.0. The summed E-state index contributed by atoms with van der Waals surface area (Å²) in [6.45, 7) is 19.9. The molecule has 5 unspecified atom stereocenters. The van der Waals surface area contributed by atoms with Gasteiger partial charge in [-0.25, -0.2) is 59.2 Å². The van der Waals surface area contributed by atoms with Crippen LogP contribution in [0, 0.1) is 29.6 Å². The molecule has 6 N–H and O–H groups in total. The fraction of sp³-hybridized carbons (Fsp3) is 0.253. The van der Waals surface area contributed by atoms with Crippen LogP contribution in [0.3, 0.4) is 0 Å². The predicted octanol–water partition coefficient (Wildman–Crippen LogP) is 17.4. The van der Waals surface area contributed by atoms with Crippen LogP contribution in [0.1, 0.15) is 139 Å². The number of benzene rings is 8. The number of amides is 3. The minimum Gasteiger partial charge on any atom is -0.438 e. The summed E-state index contributed by atoms with van der Waals surface area (Å²) < 4.78 is 17.1. The summed E-state index contributed by atoms with van der Waals surface area (Å²) in [7, 11) is -1.43. The van der Waals surface area contributed by atoms with Crippen LogP contribution in [-0.4, -0.2) is 126 Å². The van der Waals surface area contributed by atoms with Crippen molar-refractivity contribution < 1.29 is 72.5 Å². The second-order valence-corrected chi connectivity index (χ2v) is 31.3. The van der Waals surface area contributed by atoms with Crippen LogP contribution in [0.2, 0.25) is 30.9 Å². The average molecular weight is 1860 g/mol. The van der Waals surface area contributed by atoms with Crippen molar-refractivity contribution in [1.82, 2.24) is 39.9 Å². The molecule has 12 aromatic rings. The first kappa shape index (κ1) is 110. The Labute approximate surface area is 798 Å². The second kappa shape index (κ2) is 56.3. The number of cyclic esters (lactones) is 3. The van der Waals surface area contributed by atoms with Crippen LogP contribution < -0.4 is 44.8 Å². The number of carbonyl (C=O) groups is 4. The molecule has 3 saturated heterocycles. The second-order valence-electron chi connectivity index (χ2n) is 28.9. The molecule has 3 radical (unpaired) electrons. The predicted molar refractivity (Wildman–Crippen MR) is 506 cm³/mol. The van der Waals surface area contributed by atoms with Gasteiger partial charge < -0.3 is 47.1 Å². The monoisotopic (exact) mass is 1850 g/mol. The molecule has 34 heteroatoms. The third kappa shape index (κ3) is 36.7. The molecule has 3 fully saturated rings. The summed E-state index contributed by atoms with van der Waals surface area (Å²) in [5.74, 6) is 1.87. The van der Waals surface area contributed by atoms with Gasteiger partial charge in [-0.05, 0) is 160 Å². The number of anilines is 3. The van der Waals surface area contributed by atoms with E-state index in [2.05, 4.69) is 53.7 Å². The Kier molecular flexibility index (Phi) is 48.1. The van der Waals surface area contributed by atoms with Gasteiger partial charge in [-0.2, -0.15) is 16.9 Å². The number of aromatic nitrogens is 8. The molecule has 4 aromatic heterocycles. The molecule has 3 aliphatic heterocycles. The topological polar surface area (TPSA) is 363 Å². The van der Waals surface area contributed by atoms with Gasteiger partial charge in [0.2, 0.25) is 16.5 Å². The maximum atomic E-state index is 12.7. The van der Waals surface area contributed by atoms with Gasteiger partial charge in [0.15, 0.2) is 11.6 Å². The van der Waals surface area contributed by atoms with E-state index in [0.717, 1.165) is 45.4 Å². The summed E-state index contributed by atoms with van der Waals surface area (Å²) in [4.78, 5) is 84.3. The van der Waals surface area contributed by atoms with Gasteiger partial charge in [0.25, 0.3) is 0 Å². The molecule has 0 bridgehead atoms. The Morgan fingerprint density at radius 1 is 0.519 bits per heavy atom. The molecule has 7 heterocycles. The number of nitrogens with zero attached hydrogens (tertiary/aromatic N) is 13. The molecule has 129 heavy (non-hydrogen) atoms. The largest absolute Gasteiger partial charge is 1.00 e. The number of nitriles is 2. The molecule has 0 spiro atoms. The summed E-state index contributed by atoms with van der Waals surface area (Å²) in [5, 5.41) is 54.8. The SMILES string of the molecule is CC#N.CC(=O)c1ccccc1.CC(O)(CC#N)c1ccccc1.CC(O)(CCN)c1ccccc1.CC1(c2ccccc2)CCN(c2ccnc(-c3cccc(Cl)c3)n2)C(=O)O1.CC1(c2ccccc2)CCN(c2ccnc(Cl)n2)C(=O)O1.CC1(c2ccccc2)CCN(c2nccc(Cl)n2)C(=O)O1.Clc1ccnc(Cl)n1.OB(O)c1cccc(Cl)c1.[B].[CH2-]CCC.[Li+]. The first-order valence-electron chi connectivity index (χ1n) is 40.0. The van der Waals surface area contributed by atoms with E-state index in [1.807, 2.05) is 221 Å². The molecule has 0 saturated carbocycles. The third-order valence-corrected chi connectivity index (χ3v) is 20.3. The zero-order chi connectivity index (χ0) is 93.0.